The van der Waals surface area contributed by atoms with Crippen LogP contribution in [0.25, 0.3) is 0 Å². The van der Waals surface area contributed by atoms with Crippen LogP contribution in [-0.4, -0.2) is 17.2 Å². The fraction of sp³-hybridized carbons (Fsp3) is 0.500. The first kappa shape index (κ1) is 16.1. The van der Waals surface area contributed by atoms with Crippen molar-refractivity contribution in [1.82, 2.24) is 15.8 Å². The number of aryl methyl sites for hydroxylation is 4. The Balaban J connectivity index is 1.83. The second-order valence-electron chi connectivity index (χ2n) is 5.67. The second-order valence-corrected chi connectivity index (χ2v) is 5.67. The van der Waals surface area contributed by atoms with Gasteiger partial charge in [0.2, 0.25) is 0 Å². The van der Waals surface area contributed by atoms with Gasteiger partial charge in [-0.1, -0.05) is 5.16 Å². The molecule has 1 atom stereocenters. The molecule has 0 aliphatic carbocycles. The summed E-state index contributed by atoms with van der Waals surface area (Å²) < 4.78 is 10.6. The maximum atomic E-state index is 12.0. The van der Waals surface area contributed by atoms with Crippen molar-refractivity contribution in [1.29, 1.82) is 0 Å². The van der Waals surface area contributed by atoms with Crippen LogP contribution in [0.15, 0.2) is 15.0 Å². The van der Waals surface area contributed by atoms with Crippen LogP contribution in [0.3, 0.4) is 0 Å². The lowest BCUT2D eigenvalue weighted by molar-refractivity contribution is 0.237. The van der Waals surface area contributed by atoms with Crippen molar-refractivity contribution in [2.75, 3.05) is 0 Å². The zero-order valence-electron chi connectivity index (χ0n) is 13.7. The minimum absolute atomic E-state index is 0.0102. The van der Waals surface area contributed by atoms with Crippen LogP contribution in [0.1, 0.15) is 41.0 Å². The lowest BCUT2D eigenvalue weighted by Crippen LogP contribution is -2.41. The van der Waals surface area contributed by atoms with Gasteiger partial charge in [-0.25, -0.2) is 4.79 Å². The number of hydrogen-bond acceptors (Lipinski definition) is 4. The van der Waals surface area contributed by atoms with Gasteiger partial charge in [0.1, 0.15) is 17.3 Å². The van der Waals surface area contributed by atoms with E-state index in [0.29, 0.717) is 13.0 Å². The summed E-state index contributed by atoms with van der Waals surface area (Å²) in [5.74, 6) is 2.49. The Bertz CT molecular complexity index is 638. The number of aromatic nitrogens is 1. The Labute approximate surface area is 130 Å². The van der Waals surface area contributed by atoms with Crippen LogP contribution < -0.4 is 10.6 Å². The van der Waals surface area contributed by atoms with E-state index in [1.54, 1.807) is 0 Å². The number of carbonyl (C=O) groups excluding carboxylic acids is 1. The highest BCUT2D eigenvalue weighted by Gasteiger charge is 2.15. The maximum absolute atomic E-state index is 12.0. The fourth-order valence-corrected chi connectivity index (χ4v) is 2.46. The standard InChI is InChI=1S/C16H23N3O3/c1-9(6-15-11(3)19-22-13(15)5)18-16(20)17-8-14-7-10(2)21-12(14)4/h7,9H,6,8H2,1-5H3,(H2,17,18,20). The SMILES string of the molecule is Cc1cc(CNC(=O)NC(C)Cc2c(C)noc2C)c(C)o1. The number of rotatable bonds is 5. The summed E-state index contributed by atoms with van der Waals surface area (Å²) in [6.45, 7) is 9.98. The van der Waals surface area contributed by atoms with Crippen molar-refractivity contribution >= 4 is 6.03 Å². The summed E-state index contributed by atoms with van der Waals surface area (Å²) in [5, 5.41) is 9.69. The number of carbonyl (C=O) groups is 1. The van der Waals surface area contributed by atoms with Gasteiger partial charge in [-0.05, 0) is 47.1 Å². The highest BCUT2D eigenvalue weighted by Crippen LogP contribution is 2.15. The van der Waals surface area contributed by atoms with Gasteiger partial charge in [0.05, 0.1) is 5.69 Å². The molecular formula is C16H23N3O3. The summed E-state index contributed by atoms with van der Waals surface area (Å²) in [5.41, 5.74) is 2.91. The van der Waals surface area contributed by atoms with Crippen molar-refractivity contribution in [2.24, 2.45) is 0 Å². The highest BCUT2D eigenvalue weighted by atomic mass is 16.5. The quantitative estimate of drug-likeness (QED) is 0.890. The molecule has 0 radical (unpaired) electrons. The molecule has 22 heavy (non-hydrogen) atoms. The Morgan fingerprint density at radius 2 is 2.00 bits per heavy atom. The van der Waals surface area contributed by atoms with E-state index in [1.807, 2.05) is 40.7 Å². The second kappa shape index (κ2) is 6.68. The molecular weight excluding hydrogens is 282 g/mol. The zero-order valence-corrected chi connectivity index (χ0v) is 13.7. The molecule has 0 spiro atoms. The van der Waals surface area contributed by atoms with Crippen molar-refractivity contribution in [2.45, 2.75) is 53.6 Å². The molecule has 0 bridgehead atoms. The molecule has 6 nitrogen and oxygen atoms in total. The first-order valence-electron chi connectivity index (χ1n) is 7.38. The van der Waals surface area contributed by atoms with E-state index in [1.165, 1.54) is 0 Å². The molecule has 0 aromatic carbocycles. The van der Waals surface area contributed by atoms with Crippen LogP contribution in [-0.2, 0) is 13.0 Å². The van der Waals surface area contributed by atoms with Crippen molar-refractivity contribution in [3.8, 4) is 0 Å². The number of furan rings is 1. The summed E-state index contributed by atoms with van der Waals surface area (Å²) in [7, 11) is 0. The third-order valence-corrected chi connectivity index (χ3v) is 3.65. The fourth-order valence-electron chi connectivity index (χ4n) is 2.46. The number of amides is 2. The molecule has 2 aromatic heterocycles. The molecule has 0 aliphatic heterocycles. The van der Waals surface area contributed by atoms with Crippen molar-refractivity contribution in [3.05, 3.63) is 40.2 Å². The summed E-state index contributed by atoms with van der Waals surface area (Å²) in [6.07, 6.45) is 0.693. The Kier molecular flexibility index (Phi) is 4.90. The van der Waals surface area contributed by atoms with E-state index in [9.17, 15) is 4.79 Å². The molecule has 2 heterocycles. The number of nitrogens with one attached hydrogen (secondary N) is 2. The topological polar surface area (TPSA) is 80.3 Å². The number of urea groups is 1. The van der Waals surface area contributed by atoms with Crippen LogP contribution in [0, 0.1) is 27.7 Å². The minimum atomic E-state index is -0.197. The van der Waals surface area contributed by atoms with Crippen LogP contribution in [0.2, 0.25) is 0 Å². The number of nitrogens with zero attached hydrogens (tertiary/aromatic N) is 1. The lowest BCUT2D eigenvalue weighted by Gasteiger charge is -2.14. The highest BCUT2D eigenvalue weighted by molar-refractivity contribution is 5.74. The maximum Gasteiger partial charge on any atom is 0.315 e. The predicted octanol–water partition coefficient (Wildman–Crippen LogP) is 2.93. The van der Waals surface area contributed by atoms with Crippen molar-refractivity contribution < 1.29 is 13.7 Å². The van der Waals surface area contributed by atoms with Gasteiger partial charge < -0.3 is 19.6 Å². The van der Waals surface area contributed by atoms with Crippen LogP contribution in [0.4, 0.5) is 4.79 Å². The molecule has 2 rings (SSSR count). The molecule has 120 valence electrons. The van der Waals surface area contributed by atoms with Gasteiger partial charge in [-0.2, -0.15) is 0 Å². The minimum Gasteiger partial charge on any atom is -0.466 e. The van der Waals surface area contributed by atoms with Crippen molar-refractivity contribution in [3.63, 3.8) is 0 Å². The van der Waals surface area contributed by atoms with E-state index in [2.05, 4.69) is 15.8 Å². The smallest absolute Gasteiger partial charge is 0.315 e. The summed E-state index contributed by atoms with van der Waals surface area (Å²) in [6, 6.07) is 1.73. The van der Waals surface area contributed by atoms with Gasteiger partial charge >= 0.3 is 6.03 Å². The van der Waals surface area contributed by atoms with Gasteiger partial charge in [-0.3, -0.25) is 0 Å². The lowest BCUT2D eigenvalue weighted by atomic mass is 10.1. The van der Waals surface area contributed by atoms with Crippen LogP contribution in [0.5, 0.6) is 0 Å². The molecule has 1 unspecified atom stereocenters. The average molecular weight is 305 g/mol. The molecule has 0 saturated heterocycles. The third-order valence-electron chi connectivity index (χ3n) is 3.65. The zero-order chi connectivity index (χ0) is 16.3. The van der Waals surface area contributed by atoms with E-state index in [0.717, 1.165) is 34.1 Å². The van der Waals surface area contributed by atoms with E-state index >= 15 is 0 Å². The summed E-state index contributed by atoms with van der Waals surface area (Å²) in [4.78, 5) is 12.0. The van der Waals surface area contributed by atoms with Gasteiger partial charge in [0, 0.05) is 23.7 Å². The van der Waals surface area contributed by atoms with Gasteiger partial charge in [-0.15, -0.1) is 0 Å². The Hall–Kier alpha value is -2.24. The summed E-state index contributed by atoms with van der Waals surface area (Å²) >= 11 is 0. The Morgan fingerprint density at radius 3 is 2.55 bits per heavy atom. The van der Waals surface area contributed by atoms with Crippen LogP contribution >= 0.6 is 0 Å². The largest absolute Gasteiger partial charge is 0.466 e. The molecule has 2 amide bonds. The normalized spacial score (nSPS) is 12.2. The predicted molar refractivity (Wildman–Crippen MR) is 82.7 cm³/mol. The number of hydrogen-bond donors (Lipinski definition) is 2. The third kappa shape index (κ3) is 3.90. The monoisotopic (exact) mass is 305 g/mol. The first-order valence-corrected chi connectivity index (χ1v) is 7.38. The molecule has 2 N–H and O–H groups in total. The van der Waals surface area contributed by atoms with Gasteiger partial charge in [0.25, 0.3) is 0 Å². The van der Waals surface area contributed by atoms with Gasteiger partial charge in [0.15, 0.2) is 0 Å². The Morgan fingerprint density at radius 1 is 1.27 bits per heavy atom. The van der Waals surface area contributed by atoms with E-state index in [-0.39, 0.29) is 12.1 Å². The van der Waals surface area contributed by atoms with E-state index < -0.39 is 0 Å². The first-order chi connectivity index (χ1) is 10.4. The molecule has 0 saturated carbocycles. The molecule has 2 aromatic rings. The van der Waals surface area contributed by atoms with E-state index in [4.69, 9.17) is 8.94 Å². The average Bonchev–Trinajstić information content (AvgIpc) is 2.92. The molecule has 0 aliphatic rings. The molecule has 0 fully saturated rings. The molecule has 6 heteroatoms.